The first-order valence-electron chi connectivity index (χ1n) is 8.72. The first kappa shape index (κ1) is 19.6. The molecule has 7 heteroatoms. The van der Waals surface area contributed by atoms with Crippen LogP contribution in [0.3, 0.4) is 0 Å². The van der Waals surface area contributed by atoms with Crippen LogP contribution in [0.2, 0.25) is 0 Å². The summed E-state index contributed by atoms with van der Waals surface area (Å²) in [5.41, 5.74) is 2.49. The van der Waals surface area contributed by atoms with E-state index in [1.54, 1.807) is 17.5 Å². The Bertz CT molecular complexity index is 923. The van der Waals surface area contributed by atoms with Gasteiger partial charge in [-0.2, -0.15) is 0 Å². The van der Waals surface area contributed by atoms with Crippen LogP contribution in [0.1, 0.15) is 16.3 Å². The third kappa shape index (κ3) is 6.21. The Kier molecular flexibility index (Phi) is 6.75. The van der Waals surface area contributed by atoms with Crippen LogP contribution in [0.25, 0.3) is 0 Å². The van der Waals surface area contributed by atoms with Gasteiger partial charge in [0.05, 0.1) is 12.1 Å². The van der Waals surface area contributed by atoms with Crippen LogP contribution in [0.15, 0.2) is 60.0 Å². The van der Waals surface area contributed by atoms with Crippen molar-refractivity contribution in [2.24, 2.45) is 0 Å². The molecule has 0 saturated heterocycles. The molecule has 1 heterocycles. The highest BCUT2D eigenvalue weighted by Crippen LogP contribution is 2.14. The number of ether oxygens (including phenoxy) is 2. The fourth-order valence-corrected chi connectivity index (χ4v) is 3.11. The summed E-state index contributed by atoms with van der Waals surface area (Å²) in [5.74, 6) is -0.0106. The molecule has 0 bridgehead atoms. The zero-order valence-corrected chi connectivity index (χ0v) is 16.2. The molecular formula is C21H20N2O4S. The lowest BCUT2D eigenvalue weighted by atomic mass is 10.2. The fraction of sp³-hybridized carbons (Fsp3) is 0.190. The minimum atomic E-state index is -0.476. The molecule has 1 amide bonds. The lowest BCUT2D eigenvalue weighted by molar-refractivity contribution is -0.147. The van der Waals surface area contributed by atoms with Crippen molar-refractivity contribution in [1.29, 1.82) is 0 Å². The highest BCUT2D eigenvalue weighted by molar-refractivity contribution is 7.09. The Morgan fingerprint density at radius 3 is 2.57 bits per heavy atom. The van der Waals surface area contributed by atoms with Crippen LogP contribution in [-0.4, -0.2) is 23.5 Å². The van der Waals surface area contributed by atoms with E-state index in [0.717, 1.165) is 11.3 Å². The number of amides is 1. The first-order chi connectivity index (χ1) is 13.6. The Morgan fingerprint density at radius 2 is 1.82 bits per heavy atom. The summed E-state index contributed by atoms with van der Waals surface area (Å²) in [7, 11) is 0. The van der Waals surface area contributed by atoms with Crippen LogP contribution in [0, 0.1) is 6.92 Å². The van der Waals surface area contributed by atoms with E-state index in [9.17, 15) is 9.59 Å². The van der Waals surface area contributed by atoms with Gasteiger partial charge in [0.2, 0.25) is 5.91 Å². The van der Waals surface area contributed by atoms with Crippen molar-refractivity contribution < 1.29 is 19.1 Å². The Hall–Kier alpha value is -3.19. The zero-order valence-electron chi connectivity index (χ0n) is 15.4. The molecule has 144 valence electrons. The van der Waals surface area contributed by atoms with Crippen molar-refractivity contribution in [2.75, 3.05) is 11.9 Å². The molecule has 6 nitrogen and oxygen atoms in total. The molecule has 3 aromatic rings. The average Bonchev–Trinajstić information content (AvgIpc) is 3.14. The smallest absolute Gasteiger partial charge is 0.344 e. The second-order valence-corrected chi connectivity index (χ2v) is 7.03. The van der Waals surface area contributed by atoms with Gasteiger partial charge in [0, 0.05) is 11.1 Å². The number of aryl methyl sites for hydroxylation is 1. The van der Waals surface area contributed by atoms with Crippen LogP contribution in [0.5, 0.6) is 5.75 Å². The highest BCUT2D eigenvalue weighted by Gasteiger charge is 2.11. The SMILES string of the molecule is Cc1ccc(NC(=O)Cc2nc(COC(=O)COc3ccccc3)cs2)cc1. The fourth-order valence-electron chi connectivity index (χ4n) is 2.33. The molecule has 0 aliphatic carbocycles. The number of carbonyl (C=O) groups excluding carboxylic acids is 2. The van der Waals surface area contributed by atoms with Crippen molar-refractivity contribution in [1.82, 2.24) is 4.98 Å². The van der Waals surface area contributed by atoms with Gasteiger partial charge in [-0.25, -0.2) is 9.78 Å². The summed E-state index contributed by atoms with van der Waals surface area (Å²) in [6.45, 7) is 1.87. The number of aromatic nitrogens is 1. The second-order valence-electron chi connectivity index (χ2n) is 6.09. The first-order valence-corrected chi connectivity index (χ1v) is 9.60. The largest absolute Gasteiger partial charge is 0.482 e. The number of benzene rings is 2. The predicted molar refractivity (Wildman–Crippen MR) is 107 cm³/mol. The van der Waals surface area contributed by atoms with E-state index in [1.807, 2.05) is 49.4 Å². The summed E-state index contributed by atoms with van der Waals surface area (Å²) >= 11 is 1.36. The van der Waals surface area contributed by atoms with E-state index in [-0.39, 0.29) is 25.5 Å². The molecular weight excluding hydrogens is 376 g/mol. The molecule has 1 aromatic heterocycles. The van der Waals surface area contributed by atoms with Crippen molar-refractivity contribution in [3.63, 3.8) is 0 Å². The quantitative estimate of drug-likeness (QED) is 0.587. The molecule has 0 spiro atoms. The lowest BCUT2D eigenvalue weighted by Crippen LogP contribution is -2.15. The summed E-state index contributed by atoms with van der Waals surface area (Å²) in [6, 6.07) is 16.6. The number of rotatable bonds is 8. The highest BCUT2D eigenvalue weighted by atomic mass is 32.1. The van der Waals surface area contributed by atoms with E-state index in [2.05, 4.69) is 10.3 Å². The number of thiazole rings is 1. The summed E-state index contributed by atoms with van der Waals surface area (Å²) < 4.78 is 10.5. The minimum absolute atomic E-state index is 0.0487. The number of para-hydroxylation sites is 1. The second kappa shape index (κ2) is 9.66. The number of hydrogen-bond acceptors (Lipinski definition) is 6. The van der Waals surface area contributed by atoms with Gasteiger partial charge in [-0.05, 0) is 31.2 Å². The molecule has 28 heavy (non-hydrogen) atoms. The number of carbonyl (C=O) groups is 2. The van der Waals surface area contributed by atoms with Gasteiger partial charge in [0.25, 0.3) is 0 Å². The van der Waals surface area contributed by atoms with Crippen LogP contribution in [-0.2, 0) is 27.4 Å². The van der Waals surface area contributed by atoms with E-state index in [0.29, 0.717) is 16.5 Å². The molecule has 1 N–H and O–H groups in total. The molecule has 0 atom stereocenters. The number of hydrogen-bond donors (Lipinski definition) is 1. The van der Waals surface area contributed by atoms with Crippen LogP contribution < -0.4 is 10.1 Å². The number of esters is 1. The van der Waals surface area contributed by atoms with E-state index >= 15 is 0 Å². The van der Waals surface area contributed by atoms with Crippen LogP contribution in [0.4, 0.5) is 5.69 Å². The molecule has 0 aliphatic heterocycles. The summed E-state index contributed by atoms with van der Waals surface area (Å²) in [5, 5.41) is 5.28. The van der Waals surface area contributed by atoms with Crippen molar-refractivity contribution >= 4 is 28.9 Å². The predicted octanol–water partition coefficient (Wildman–Crippen LogP) is 3.75. The molecule has 2 aromatic carbocycles. The maximum atomic E-state index is 12.1. The molecule has 0 radical (unpaired) electrons. The summed E-state index contributed by atoms with van der Waals surface area (Å²) in [6.07, 6.45) is 0.170. The van der Waals surface area contributed by atoms with Gasteiger partial charge in [-0.3, -0.25) is 4.79 Å². The van der Waals surface area contributed by atoms with Gasteiger partial charge in [-0.15, -0.1) is 11.3 Å². The van der Waals surface area contributed by atoms with Crippen molar-refractivity contribution in [3.05, 3.63) is 76.2 Å². The standard InChI is InChI=1S/C21H20N2O4S/c1-15-7-9-16(10-8-15)22-19(24)11-20-23-17(14-28-20)12-27-21(25)13-26-18-5-3-2-4-6-18/h2-10,14H,11-13H2,1H3,(H,22,24). The van der Waals surface area contributed by atoms with Crippen molar-refractivity contribution in [2.45, 2.75) is 20.0 Å². The average molecular weight is 396 g/mol. The van der Waals surface area contributed by atoms with E-state index in [1.165, 1.54) is 11.3 Å². The van der Waals surface area contributed by atoms with Gasteiger partial charge in [0.15, 0.2) is 6.61 Å². The third-order valence-electron chi connectivity index (χ3n) is 3.73. The normalized spacial score (nSPS) is 10.3. The Morgan fingerprint density at radius 1 is 1.07 bits per heavy atom. The maximum Gasteiger partial charge on any atom is 0.344 e. The van der Waals surface area contributed by atoms with E-state index < -0.39 is 5.97 Å². The molecule has 0 saturated carbocycles. The number of nitrogens with zero attached hydrogens (tertiary/aromatic N) is 1. The van der Waals surface area contributed by atoms with Crippen molar-refractivity contribution in [3.8, 4) is 5.75 Å². The topological polar surface area (TPSA) is 77.5 Å². The Labute approximate surface area is 167 Å². The van der Waals surface area contributed by atoms with Gasteiger partial charge in [0.1, 0.15) is 17.4 Å². The van der Waals surface area contributed by atoms with Gasteiger partial charge >= 0.3 is 5.97 Å². The number of anilines is 1. The maximum absolute atomic E-state index is 12.1. The third-order valence-corrected chi connectivity index (χ3v) is 4.62. The molecule has 3 rings (SSSR count). The molecule has 0 unspecified atom stereocenters. The van der Waals surface area contributed by atoms with E-state index in [4.69, 9.17) is 9.47 Å². The monoisotopic (exact) mass is 396 g/mol. The molecule has 0 aliphatic rings. The Balaban J connectivity index is 1.41. The minimum Gasteiger partial charge on any atom is -0.482 e. The zero-order chi connectivity index (χ0) is 19.8. The van der Waals surface area contributed by atoms with Gasteiger partial charge in [-0.1, -0.05) is 35.9 Å². The summed E-state index contributed by atoms with van der Waals surface area (Å²) in [4.78, 5) is 28.2. The van der Waals surface area contributed by atoms with Gasteiger partial charge < -0.3 is 14.8 Å². The molecule has 0 fully saturated rings. The number of nitrogens with one attached hydrogen (secondary N) is 1. The van der Waals surface area contributed by atoms with Crippen LogP contribution >= 0.6 is 11.3 Å². The lowest BCUT2D eigenvalue weighted by Gasteiger charge is -2.05.